The first-order valence-corrected chi connectivity index (χ1v) is 6.78. The van der Waals surface area contributed by atoms with Gasteiger partial charge in [-0.05, 0) is 19.9 Å². The molecule has 1 aliphatic heterocycles. The average Bonchev–Trinajstić information content (AvgIpc) is 2.26. The second kappa shape index (κ2) is 4.55. The van der Waals surface area contributed by atoms with Crippen LogP contribution in [0.15, 0.2) is 24.3 Å². The number of rotatable bonds is 1. The van der Waals surface area contributed by atoms with Crippen LogP contribution < -0.4 is 10.1 Å². The van der Waals surface area contributed by atoms with Crippen LogP contribution in [0.4, 0.5) is 0 Å². The van der Waals surface area contributed by atoms with Gasteiger partial charge in [0.1, 0.15) is 11.4 Å². The van der Waals surface area contributed by atoms with E-state index in [1.54, 1.807) is 0 Å². The molecule has 104 valence electrons. The third-order valence-electron chi connectivity index (χ3n) is 3.36. The van der Waals surface area contributed by atoms with Crippen LogP contribution in [-0.4, -0.2) is 11.5 Å². The Kier molecular flexibility index (Phi) is 3.33. The molecule has 19 heavy (non-hydrogen) atoms. The Labute approximate surface area is 115 Å². The Morgan fingerprint density at radius 1 is 1.32 bits per heavy atom. The molecule has 3 nitrogen and oxygen atoms in total. The summed E-state index contributed by atoms with van der Waals surface area (Å²) in [5.74, 6) is 0.947. The van der Waals surface area contributed by atoms with E-state index in [2.05, 4.69) is 19.2 Å². The zero-order chi connectivity index (χ0) is 14.3. The van der Waals surface area contributed by atoms with Crippen LogP contribution in [0.2, 0.25) is 0 Å². The molecule has 1 unspecified atom stereocenters. The smallest absolute Gasteiger partial charge is 0.225 e. The van der Waals surface area contributed by atoms with Gasteiger partial charge in [-0.3, -0.25) is 4.79 Å². The maximum absolute atomic E-state index is 12.2. The van der Waals surface area contributed by atoms with Gasteiger partial charge in [0.2, 0.25) is 5.91 Å². The molecule has 0 bridgehead atoms. The van der Waals surface area contributed by atoms with E-state index in [1.807, 2.05) is 45.0 Å². The topological polar surface area (TPSA) is 38.3 Å². The molecule has 0 radical (unpaired) electrons. The molecule has 0 aromatic heterocycles. The van der Waals surface area contributed by atoms with Gasteiger partial charge < -0.3 is 10.1 Å². The van der Waals surface area contributed by atoms with Crippen molar-refractivity contribution in [1.29, 1.82) is 0 Å². The summed E-state index contributed by atoms with van der Waals surface area (Å²) in [7, 11) is 0. The fourth-order valence-corrected chi connectivity index (χ4v) is 2.31. The first-order valence-electron chi connectivity index (χ1n) is 6.78. The molecular formula is C16H23NO2. The number of benzene rings is 1. The van der Waals surface area contributed by atoms with Crippen LogP contribution in [-0.2, 0) is 4.79 Å². The lowest BCUT2D eigenvalue weighted by atomic mass is 9.88. The number of hydrogen-bond donors (Lipinski definition) is 1. The van der Waals surface area contributed by atoms with Crippen LogP contribution in [0, 0.1) is 5.41 Å². The first kappa shape index (κ1) is 13.9. The summed E-state index contributed by atoms with van der Waals surface area (Å²) in [6.45, 7) is 9.90. The van der Waals surface area contributed by atoms with Crippen molar-refractivity contribution < 1.29 is 9.53 Å². The van der Waals surface area contributed by atoms with Crippen molar-refractivity contribution in [3.05, 3.63) is 29.8 Å². The summed E-state index contributed by atoms with van der Waals surface area (Å²) in [5.41, 5.74) is 0.432. The molecule has 1 aromatic carbocycles. The predicted molar refractivity (Wildman–Crippen MR) is 76.1 cm³/mol. The van der Waals surface area contributed by atoms with Gasteiger partial charge in [0.05, 0.1) is 6.04 Å². The molecule has 0 spiro atoms. The van der Waals surface area contributed by atoms with E-state index in [1.165, 1.54) is 0 Å². The number of amides is 1. The minimum absolute atomic E-state index is 0.0201. The lowest BCUT2D eigenvalue weighted by molar-refractivity contribution is -0.129. The van der Waals surface area contributed by atoms with Crippen molar-refractivity contribution in [1.82, 2.24) is 5.32 Å². The van der Waals surface area contributed by atoms with Crippen LogP contribution in [0.25, 0.3) is 0 Å². The molecule has 0 saturated carbocycles. The van der Waals surface area contributed by atoms with E-state index >= 15 is 0 Å². The lowest BCUT2D eigenvalue weighted by Crippen LogP contribution is -2.44. The number of carbonyl (C=O) groups is 1. The monoisotopic (exact) mass is 261 g/mol. The fraction of sp³-hybridized carbons (Fsp3) is 0.562. The molecule has 1 aromatic rings. The van der Waals surface area contributed by atoms with Gasteiger partial charge in [0.25, 0.3) is 0 Å². The first-order chi connectivity index (χ1) is 8.69. The van der Waals surface area contributed by atoms with E-state index < -0.39 is 0 Å². The minimum Gasteiger partial charge on any atom is -0.487 e. The van der Waals surface area contributed by atoms with E-state index in [4.69, 9.17) is 4.74 Å². The highest BCUT2D eigenvalue weighted by molar-refractivity contribution is 5.81. The molecule has 1 aliphatic rings. The molecule has 1 amide bonds. The van der Waals surface area contributed by atoms with E-state index in [-0.39, 0.29) is 23.0 Å². The summed E-state index contributed by atoms with van der Waals surface area (Å²) < 4.78 is 5.97. The van der Waals surface area contributed by atoms with Crippen LogP contribution in [0.1, 0.15) is 52.6 Å². The predicted octanol–water partition coefficient (Wildman–Crippen LogP) is 3.45. The summed E-state index contributed by atoms with van der Waals surface area (Å²) >= 11 is 0. The molecule has 0 saturated heterocycles. The third-order valence-corrected chi connectivity index (χ3v) is 3.36. The zero-order valence-corrected chi connectivity index (χ0v) is 12.4. The van der Waals surface area contributed by atoms with Crippen molar-refractivity contribution in [2.24, 2.45) is 5.41 Å². The zero-order valence-electron chi connectivity index (χ0n) is 12.4. The van der Waals surface area contributed by atoms with Gasteiger partial charge in [-0.15, -0.1) is 0 Å². The Hall–Kier alpha value is -1.51. The Balaban J connectivity index is 2.28. The van der Waals surface area contributed by atoms with Crippen molar-refractivity contribution in [2.75, 3.05) is 0 Å². The normalized spacial score (nSPS) is 21.2. The highest BCUT2D eigenvalue weighted by Gasteiger charge is 2.35. The number of hydrogen-bond acceptors (Lipinski definition) is 2. The lowest BCUT2D eigenvalue weighted by Gasteiger charge is -2.38. The number of para-hydroxylation sites is 1. The molecule has 1 atom stereocenters. The van der Waals surface area contributed by atoms with Gasteiger partial charge in [0, 0.05) is 17.4 Å². The number of carbonyl (C=O) groups excluding carboxylic acids is 1. The molecule has 2 rings (SSSR count). The quantitative estimate of drug-likeness (QED) is 0.841. The molecule has 3 heteroatoms. The van der Waals surface area contributed by atoms with Gasteiger partial charge in [-0.2, -0.15) is 0 Å². The average molecular weight is 261 g/mol. The summed E-state index contributed by atoms with van der Waals surface area (Å²) in [5, 5.41) is 3.15. The van der Waals surface area contributed by atoms with Crippen LogP contribution >= 0.6 is 0 Å². The minimum atomic E-state index is -0.378. The van der Waals surface area contributed by atoms with Gasteiger partial charge >= 0.3 is 0 Å². The van der Waals surface area contributed by atoms with Crippen molar-refractivity contribution in [3.63, 3.8) is 0 Å². The maximum atomic E-state index is 12.2. The van der Waals surface area contributed by atoms with Gasteiger partial charge in [-0.1, -0.05) is 39.0 Å². The Bertz CT molecular complexity index is 486. The Morgan fingerprint density at radius 2 is 1.95 bits per heavy atom. The Morgan fingerprint density at radius 3 is 2.58 bits per heavy atom. The largest absolute Gasteiger partial charge is 0.487 e. The highest BCUT2D eigenvalue weighted by atomic mass is 16.5. The number of nitrogens with one attached hydrogen (secondary N) is 1. The third kappa shape index (κ3) is 3.09. The van der Waals surface area contributed by atoms with Gasteiger partial charge in [-0.25, -0.2) is 0 Å². The van der Waals surface area contributed by atoms with Crippen molar-refractivity contribution in [3.8, 4) is 5.75 Å². The fourth-order valence-electron chi connectivity index (χ4n) is 2.31. The number of ether oxygens (including phenoxy) is 1. The second-order valence-electron chi connectivity index (χ2n) is 6.88. The maximum Gasteiger partial charge on any atom is 0.225 e. The molecular weight excluding hydrogens is 238 g/mol. The van der Waals surface area contributed by atoms with E-state index in [9.17, 15) is 4.79 Å². The summed E-state index contributed by atoms with van der Waals surface area (Å²) in [6, 6.07) is 7.95. The summed E-state index contributed by atoms with van der Waals surface area (Å²) in [4.78, 5) is 12.2. The van der Waals surface area contributed by atoms with Crippen LogP contribution in [0.5, 0.6) is 5.75 Å². The summed E-state index contributed by atoms with van der Waals surface area (Å²) in [6.07, 6.45) is 0.784. The van der Waals surface area contributed by atoms with Gasteiger partial charge in [0.15, 0.2) is 0 Å². The number of fused-ring (bicyclic) bond motifs is 1. The van der Waals surface area contributed by atoms with E-state index in [0.717, 1.165) is 17.7 Å². The van der Waals surface area contributed by atoms with Crippen molar-refractivity contribution >= 4 is 5.91 Å². The molecule has 0 fully saturated rings. The highest BCUT2D eigenvalue weighted by Crippen LogP contribution is 2.39. The standard InChI is InChI=1S/C16H23NO2/c1-15(2,3)14(18)17-12-10-16(4,5)19-13-9-7-6-8-11(12)13/h6-9,12H,10H2,1-5H3,(H,17,18). The van der Waals surface area contributed by atoms with Crippen molar-refractivity contribution in [2.45, 2.75) is 52.7 Å². The SMILES string of the molecule is CC1(C)CC(NC(=O)C(C)(C)C)c2ccccc2O1. The second-order valence-corrected chi connectivity index (χ2v) is 6.88. The van der Waals surface area contributed by atoms with Crippen LogP contribution in [0.3, 0.4) is 0 Å². The molecule has 1 N–H and O–H groups in total. The van der Waals surface area contributed by atoms with E-state index in [0.29, 0.717) is 0 Å². The molecule has 1 heterocycles. The molecule has 0 aliphatic carbocycles.